The second kappa shape index (κ2) is 7.93. The summed E-state index contributed by atoms with van der Waals surface area (Å²) in [6.45, 7) is 0.901. The molecule has 1 saturated heterocycles. The van der Waals surface area contributed by atoms with Gasteiger partial charge in [-0.25, -0.2) is 13.1 Å². The van der Waals surface area contributed by atoms with Gasteiger partial charge in [0.2, 0.25) is 15.9 Å². The second-order valence-corrected chi connectivity index (χ2v) is 8.07. The second-order valence-electron chi connectivity index (χ2n) is 6.30. The normalized spacial score (nSPS) is 14.6. The Morgan fingerprint density at radius 3 is 2.48 bits per heavy atom. The molecule has 1 fully saturated rings. The number of aryl methyl sites for hydroxylation is 1. The highest BCUT2D eigenvalue weighted by atomic mass is 32.2. The molecule has 0 aliphatic carbocycles. The number of hydrogen-bond donors (Lipinski definition) is 2. The van der Waals surface area contributed by atoms with Gasteiger partial charge >= 0.3 is 0 Å². The van der Waals surface area contributed by atoms with Crippen LogP contribution in [0.1, 0.15) is 23.3 Å². The first kappa shape index (κ1) is 19.1. The van der Waals surface area contributed by atoms with E-state index in [2.05, 4.69) is 10.0 Å². The topological polar surface area (TPSA) is 101 Å². The molecule has 1 aliphatic heterocycles. The SMILES string of the molecule is Cn1cccc1C(=O)NCCNS(=O)(=O)c1ccc(N2CCCC2=O)cc1. The highest BCUT2D eigenvalue weighted by molar-refractivity contribution is 7.89. The highest BCUT2D eigenvalue weighted by Gasteiger charge is 2.22. The summed E-state index contributed by atoms with van der Waals surface area (Å²) >= 11 is 0. The standard InChI is InChI=1S/C18H22N4O4S/c1-21-12-2-4-16(21)18(24)19-10-11-20-27(25,26)15-8-6-14(7-9-15)22-13-3-5-17(22)23/h2,4,6-9,12,20H,3,5,10-11,13H2,1H3,(H,19,24). The molecule has 0 unspecified atom stereocenters. The number of sulfonamides is 1. The highest BCUT2D eigenvalue weighted by Crippen LogP contribution is 2.22. The molecule has 3 rings (SSSR count). The maximum atomic E-state index is 12.3. The molecule has 2 aromatic rings. The predicted octanol–water partition coefficient (Wildman–Crippen LogP) is 0.860. The van der Waals surface area contributed by atoms with Gasteiger partial charge in [0.25, 0.3) is 5.91 Å². The zero-order chi connectivity index (χ0) is 19.4. The molecule has 0 radical (unpaired) electrons. The molecule has 2 N–H and O–H groups in total. The number of nitrogens with zero attached hydrogens (tertiary/aromatic N) is 2. The number of nitrogens with one attached hydrogen (secondary N) is 2. The summed E-state index contributed by atoms with van der Waals surface area (Å²) in [7, 11) is -1.92. The van der Waals surface area contributed by atoms with Crippen LogP contribution in [0.2, 0.25) is 0 Å². The molecule has 0 saturated carbocycles. The van der Waals surface area contributed by atoms with Crippen LogP contribution in [-0.4, -0.2) is 44.4 Å². The molecule has 2 heterocycles. The number of hydrogen-bond acceptors (Lipinski definition) is 4. The van der Waals surface area contributed by atoms with Gasteiger partial charge in [0.15, 0.2) is 0 Å². The van der Waals surface area contributed by atoms with E-state index in [1.165, 1.54) is 12.1 Å². The molecule has 144 valence electrons. The average Bonchev–Trinajstić information content (AvgIpc) is 3.27. The monoisotopic (exact) mass is 390 g/mol. The first-order valence-corrected chi connectivity index (χ1v) is 10.2. The van der Waals surface area contributed by atoms with Crippen molar-refractivity contribution in [3.8, 4) is 0 Å². The molecule has 27 heavy (non-hydrogen) atoms. The van der Waals surface area contributed by atoms with Crippen molar-refractivity contribution in [2.75, 3.05) is 24.5 Å². The number of carbonyl (C=O) groups excluding carboxylic acids is 2. The van der Waals surface area contributed by atoms with Crippen LogP contribution in [-0.2, 0) is 21.9 Å². The van der Waals surface area contributed by atoms with Gasteiger partial charge in [-0.05, 0) is 42.8 Å². The zero-order valence-corrected chi connectivity index (χ0v) is 15.8. The summed E-state index contributed by atoms with van der Waals surface area (Å²) < 4.78 is 28.8. The number of benzene rings is 1. The molecule has 0 bridgehead atoms. The predicted molar refractivity (Wildman–Crippen MR) is 101 cm³/mol. The Hall–Kier alpha value is -2.65. The molecule has 1 aliphatic rings. The fraction of sp³-hybridized carbons (Fsp3) is 0.333. The van der Waals surface area contributed by atoms with Crippen molar-refractivity contribution >= 4 is 27.5 Å². The minimum absolute atomic E-state index is 0.0534. The lowest BCUT2D eigenvalue weighted by Gasteiger charge is -2.16. The van der Waals surface area contributed by atoms with Crippen molar-refractivity contribution < 1.29 is 18.0 Å². The summed E-state index contributed by atoms with van der Waals surface area (Å²) in [5.41, 5.74) is 1.20. The van der Waals surface area contributed by atoms with Crippen LogP contribution in [0.3, 0.4) is 0 Å². The molecule has 9 heteroatoms. The number of amides is 2. The fourth-order valence-electron chi connectivity index (χ4n) is 2.96. The van der Waals surface area contributed by atoms with Gasteiger partial charge in [-0.1, -0.05) is 0 Å². The van der Waals surface area contributed by atoms with Crippen molar-refractivity contribution in [2.45, 2.75) is 17.7 Å². The molecule has 1 aromatic carbocycles. The smallest absolute Gasteiger partial charge is 0.267 e. The van der Waals surface area contributed by atoms with E-state index in [0.717, 1.165) is 6.42 Å². The molecule has 1 aromatic heterocycles. The van der Waals surface area contributed by atoms with Crippen molar-refractivity contribution in [3.05, 3.63) is 48.3 Å². The lowest BCUT2D eigenvalue weighted by molar-refractivity contribution is -0.117. The average molecular weight is 390 g/mol. The van der Waals surface area contributed by atoms with E-state index in [1.807, 2.05) is 0 Å². The zero-order valence-electron chi connectivity index (χ0n) is 15.0. The van der Waals surface area contributed by atoms with E-state index >= 15 is 0 Å². The number of anilines is 1. The quantitative estimate of drug-likeness (QED) is 0.685. The number of aromatic nitrogens is 1. The summed E-state index contributed by atoms with van der Waals surface area (Å²) in [4.78, 5) is 25.5. The summed E-state index contributed by atoms with van der Waals surface area (Å²) in [6, 6.07) is 9.67. The Morgan fingerprint density at radius 2 is 1.89 bits per heavy atom. The van der Waals surface area contributed by atoms with Crippen molar-refractivity contribution in [2.24, 2.45) is 7.05 Å². The van der Waals surface area contributed by atoms with Gasteiger partial charge in [0.1, 0.15) is 5.69 Å². The van der Waals surface area contributed by atoms with E-state index in [9.17, 15) is 18.0 Å². The first-order chi connectivity index (χ1) is 12.9. The van der Waals surface area contributed by atoms with E-state index < -0.39 is 10.0 Å². The van der Waals surface area contributed by atoms with Crippen LogP contribution in [0.25, 0.3) is 0 Å². The minimum Gasteiger partial charge on any atom is -0.349 e. The summed E-state index contributed by atoms with van der Waals surface area (Å²) in [5, 5.41) is 2.67. The Balaban J connectivity index is 1.53. The Kier molecular flexibility index (Phi) is 5.62. The van der Waals surface area contributed by atoms with E-state index in [1.54, 1.807) is 47.0 Å². The Morgan fingerprint density at radius 1 is 1.15 bits per heavy atom. The van der Waals surface area contributed by atoms with Gasteiger partial charge in [-0.3, -0.25) is 9.59 Å². The largest absolute Gasteiger partial charge is 0.349 e. The molecule has 8 nitrogen and oxygen atoms in total. The van der Waals surface area contributed by atoms with E-state index in [-0.39, 0.29) is 29.8 Å². The molecular formula is C18H22N4O4S. The minimum atomic E-state index is -3.68. The van der Waals surface area contributed by atoms with Crippen LogP contribution in [0.15, 0.2) is 47.5 Å². The van der Waals surface area contributed by atoms with Gasteiger partial charge < -0.3 is 14.8 Å². The van der Waals surface area contributed by atoms with Crippen molar-refractivity contribution in [1.29, 1.82) is 0 Å². The molecular weight excluding hydrogens is 368 g/mol. The Labute approximate surface area is 158 Å². The van der Waals surface area contributed by atoms with E-state index in [0.29, 0.717) is 24.3 Å². The van der Waals surface area contributed by atoms with Crippen molar-refractivity contribution in [3.63, 3.8) is 0 Å². The first-order valence-electron chi connectivity index (χ1n) is 8.68. The van der Waals surface area contributed by atoms with Gasteiger partial charge in [-0.15, -0.1) is 0 Å². The van der Waals surface area contributed by atoms with Crippen LogP contribution >= 0.6 is 0 Å². The van der Waals surface area contributed by atoms with Crippen LogP contribution in [0.5, 0.6) is 0 Å². The number of rotatable bonds is 7. The van der Waals surface area contributed by atoms with Gasteiger partial charge in [-0.2, -0.15) is 0 Å². The lowest BCUT2D eigenvalue weighted by atomic mass is 10.3. The third kappa shape index (κ3) is 4.37. The van der Waals surface area contributed by atoms with Gasteiger partial charge in [0, 0.05) is 45.0 Å². The third-order valence-corrected chi connectivity index (χ3v) is 5.89. The molecule has 2 amide bonds. The maximum Gasteiger partial charge on any atom is 0.267 e. The lowest BCUT2D eigenvalue weighted by Crippen LogP contribution is -2.35. The van der Waals surface area contributed by atoms with Crippen LogP contribution in [0.4, 0.5) is 5.69 Å². The fourth-order valence-corrected chi connectivity index (χ4v) is 3.99. The maximum absolute atomic E-state index is 12.3. The van der Waals surface area contributed by atoms with Crippen LogP contribution < -0.4 is 14.9 Å². The van der Waals surface area contributed by atoms with Crippen LogP contribution in [0, 0.1) is 0 Å². The molecule has 0 spiro atoms. The Bertz CT molecular complexity index is 935. The van der Waals surface area contributed by atoms with Gasteiger partial charge in [0.05, 0.1) is 4.90 Å². The molecule has 0 atom stereocenters. The summed E-state index contributed by atoms with van der Waals surface area (Å²) in [6.07, 6.45) is 3.10. The third-order valence-electron chi connectivity index (χ3n) is 4.41. The summed E-state index contributed by atoms with van der Waals surface area (Å²) in [5.74, 6) is -0.209. The van der Waals surface area contributed by atoms with E-state index in [4.69, 9.17) is 0 Å². The number of carbonyl (C=O) groups is 2. The van der Waals surface area contributed by atoms with Crippen molar-refractivity contribution in [1.82, 2.24) is 14.6 Å².